The van der Waals surface area contributed by atoms with Crippen LogP contribution in [0.2, 0.25) is 0 Å². The first-order valence-corrected chi connectivity index (χ1v) is 11.0. The average Bonchev–Trinajstić information content (AvgIpc) is 3.51. The van der Waals surface area contributed by atoms with E-state index in [0.29, 0.717) is 18.3 Å². The SMILES string of the molecule is Cc1ccccc1[C@H]1[C@H]2CN(Cc3cnc[nH]3)C[C@H]2CN1C(=O)Cc1c(C)noc1C. The molecule has 1 amide bonds. The summed E-state index contributed by atoms with van der Waals surface area (Å²) in [5.41, 5.74) is 5.38. The van der Waals surface area contributed by atoms with Crippen LogP contribution < -0.4 is 0 Å². The summed E-state index contributed by atoms with van der Waals surface area (Å²) in [4.78, 5) is 25.5. The molecule has 2 saturated heterocycles. The number of nitrogens with one attached hydrogen (secondary N) is 1. The summed E-state index contributed by atoms with van der Waals surface area (Å²) in [6.07, 6.45) is 3.98. The second kappa shape index (κ2) is 7.96. The summed E-state index contributed by atoms with van der Waals surface area (Å²) in [6.45, 7) is 9.60. The summed E-state index contributed by atoms with van der Waals surface area (Å²) in [6, 6.07) is 8.60. The highest BCUT2D eigenvalue weighted by Crippen LogP contribution is 2.46. The highest BCUT2D eigenvalue weighted by atomic mass is 16.5. The molecule has 4 heterocycles. The van der Waals surface area contributed by atoms with Crippen LogP contribution >= 0.6 is 0 Å². The zero-order chi connectivity index (χ0) is 21.5. The molecule has 1 N–H and O–H groups in total. The number of likely N-dealkylation sites (tertiary alicyclic amines) is 2. The van der Waals surface area contributed by atoms with Crippen molar-refractivity contribution in [2.45, 2.75) is 39.8 Å². The first-order valence-electron chi connectivity index (χ1n) is 11.0. The van der Waals surface area contributed by atoms with Crippen LogP contribution in [0, 0.1) is 32.6 Å². The molecule has 0 unspecified atom stereocenters. The van der Waals surface area contributed by atoms with Crippen molar-refractivity contribution in [1.82, 2.24) is 24.9 Å². The van der Waals surface area contributed by atoms with Crippen LogP contribution in [0.15, 0.2) is 41.3 Å². The van der Waals surface area contributed by atoms with Crippen molar-refractivity contribution in [2.75, 3.05) is 19.6 Å². The first kappa shape index (κ1) is 20.0. The van der Waals surface area contributed by atoms with Gasteiger partial charge in [-0.1, -0.05) is 29.4 Å². The van der Waals surface area contributed by atoms with Gasteiger partial charge in [-0.25, -0.2) is 4.98 Å². The topological polar surface area (TPSA) is 78.3 Å². The minimum atomic E-state index is 0.103. The van der Waals surface area contributed by atoms with Gasteiger partial charge in [0.05, 0.1) is 24.5 Å². The highest BCUT2D eigenvalue weighted by Gasteiger charge is 2.49. The van der Waals surface area contributed by atoms with E-state index >= 15 is 0 Å². The van der Waals surface area contributed by atoms with E-state index in [0.717, 1.165) is 48.9 Å². The number of aryl methyl sites for hydroxylation is 3. The molecule has 2 aromatic heterocycles. The zero-order valence-corrected chi connectivity index (χ0v) is 18.3. The van der Waals surface area contributed by atoms with Crippen molar-refractivity contribution in [2.24, 2.45) is 11.8 Å². The molecule has 1 aromatic carbocycles. The fourth-order valence-electron chi connectivity index (χ4n) is 5.46. The molecule has 0 spiro atoms. The lowest BCUT2D eigenvalue weighted by molar-refractivity contribution is -0.132. The van der Waals surface area contributed by atoms with Gasteiger partial charge in [0.2, 0.25) is 5.91 Å². The molecule has 2 aliphatic rings. The maximum atomic E-state index is 13.5. The Morgan fingerprint density at radius 3 is 2.74 bits per heavy atom. The van der Waals surface area contributed by atoms with Crippen LogP contribution in [0.25, 0.3) is 0 Å². The van der Waals surface area contributed by atoms with Crippen LogP contribution in [0.4, 0.5) is 0 Å². The third-order valence-corrected chi connectivity index (χ3v) is 7.03. The van der Waals surface area contributed by atoms with E-state index in [1.54, 1.807) is 6.33 Å². The standard InChI is InChI=1S/C24H29N5O2/c1-15-6-4-5-7-20(15)24-22-13-28(12-19-9-25-14-26-19)10-18(22)11-29(24)23(30)8-21-16(2)27-31-17(21)3/h4-7,9,14,18,22,24H,8,10-13H2,1-3H3,(H,25,26)/t18-,22-,24-/m0/s1. The quantitative estimate of drug-likeness (QED) is 0.687. The fraction of sp³-hybridized carbons (Fsp3) is 0.458. The van der Waals surface area contributed by atoms with Gasteiger partial charge in [0.15, 0.2) is 0 Å². The van der Waals surface area contributed by atoms with Crippen LogP contribution in [-0.2, 0) is 17.8 Å². The third kappa shape index (κ3) is 3.67. The minimum absolute atomic E-state index is 0.103. The molecule has 0 bridgehead atoms. The average molecular weight is 420 g/mol. The Morgan fingerprint density at radius 2 is 2.03 bits per heavy atom. The van der Waals surface area contributed by atoms with Crippen molar-refractivity contribution >= 4 is 5.91 Å². The van der Waals surface area contributed by atoms with Crippen LogP contribution in [0.1, 0.15) is 39.9 Å². The number of imidazole rings is 1. The Balaban J connectivity index is 1.41. The zero-order valence-electron chi connectivity index (χ0n) is 18.3. The third-order valence-electron chi connectivity index (χ3n) is 7.03. The lowest BCUT2D eigenvalue weighted by Crippen LogP contribution is -2.37. The molecule has 0 saturated carbocycles. The molecule has 0 radical (unpaired) electrons. The van der Waals surface area contributed by atoms with Gasteiger partial charge in [-0.05, 0) is 37.8 Å². The van der Waals surface area contributed by atoms with E-state index in [1.165, 1.54) is 11.1 Å². The Kier molecular flexibility index (Phi) is 5.14. The molecule has 162 valence electrons. The predicted octanol–water partition coefficient (Wildman–Crippen LogP) is 3.20. The van der Waals surface area contributed by atoms with Gasteiger partial charge in [-0.2, -0.15) is 0 Å². The molecule has 31 heavy (non-hydrogen) atoms. The van der Waals surface area contributed by atoms with Crippen LogP contribution in [0.5, 0.6) is 0 Å². The van der Waals surface area contributed by atoms with Crippen molar-refractivity contribution < 1.29 is 9.32 Å². The van der Waals surface area contributed by atoms with Gasteiger partial charge < -0.3 is 14.4 Å². The minimum Gasteiger partial charge on any atom is -0.361 e. The fourth-order valence-corrected chi connectivity index (χ4v) is 5.46. The number of carbonyl (C=O) groups is 1. The number of hydrogen-bond donors (Lipinski definition) is 1. The molecule has 3 aromatic rings. The predicted molar refractivity (Wildman–Crippen MR) is 116 cm³/mol. The number of benzene rings is 1. The van der Waals surface area contributed by atoms with Gasteiger partial charge in [0, 0.05) is 49.6 Å². The molecule has 7 heteroatoms. The summed E-state index contributed by atoms with van der Waals surface area (Å²) in [5, 5.41) is 4.03. The smallest absolute Gasteiger partial charge is 0.227 e. The maximum absolute atomic E-state index is 13.5. The van der Waals surface area contributed by atoms with Gasteiger partial charge >= 0.3 is 0 Å². The van der Waals surface area contributed by atoms with E-state index in [4.69, 9.17) is 4.52 Å². The van der Waals surface area contributed by atoms with Crippen molar-refractivity contribution in [1.29, 1.82) is 0 Å². The van der Waals surface area contributed by atoms with Crippen LogP contribution in [-0.4, -0.2) is 50.5 Å². The Morgan fingerprint density at radius 1 is 1.19 bits per heavy atom. The normalized spacial score (nSPS) is 23.5. The van der Waals surface area contributed by atoms with Gasteiger partial charge in [-0.3, -0.25) is 9.69 Å². The van der Waals surface area contributed by atoms with Gasteiger partial charge in [0.25, 0.3) is 0 Å². The lowest BCUT2D eigenvalue weighted by Gasteiger charge is -2.31. The number of amides is 1. The molecule has 0 aliphatic carbocycles. The van der Waals surface area contributed by atoms with E-state index in [2.05, 4.69) is 56.1 Å². The van der Waals surface area contributed by atoms with E-state index in [1.807, 2.05) is 20.0 Å². The number of carbonyl (C=O) groups excluding carboxylic acids is 1. The highest BCUT2D eigenvalue weighted by molar-refractivity contribution is 5.80. The molecule has 2 aliphatic heterocycles. The lowest BCUT2D eigenvalue weighted by atomic mass is 9.87. The molecular weight excluding hydrogens is 390 g/mol. The number of aromatic nitrogens is 3. The largest absolute Gasteiger partial charge is 0.361 e. The summed E-state index contributed by atoms with van der Waals surface area (Å²) < 4.78 is 5.29. The van der Waals surface area contributed by atoms with Gasteiger partial charge in [-0.15, -0.1) is 0 Å². The van der Waals surface area contributed by atoms with Crippen LogP contribution in [0.3, 0.4) is 0 Å². The summed E-state index contributed by atoms with van der Waals surface area (Å²) >= 11 is 0. The van der Waals surface area contributed by atoms with Crippen molar-refractivity contribution in [3.63, 3.8) is 0 Å². The van der Waals surface area contributed by atoms with E-state index < -0.39 is 0 Å². The number of H-pyrrole nitrogens is 1. The number of hydrogen-bond acceptors (Lipinski definition) is 5. The van der Waals surface area contributed by atoms with Gasteiger partial charge in [0.1, 0.15) is 5.76 Å². The van der Waals surface area contributed by atoms with E-state index in [-0.39, 0.29) is 11.9 Å². The number of aromatic amines is 1. The number of fused-ring (bicyclic) bond motifs is 1. The van der Waals surface area contributed by atoms with E-state index in [9.17, 15) is 4.79 Å². The summed E-state index contributed by atoms with van der Waals surface area (Å²) in [5.74, 6) is 1.80. The molecule has 7 nitrogen and oxygen atoms in total. The summed E-state index contributed by atoms with van der Waals surface area (Å²) in [7, 11) is 0. The first-order chi connectivity index (χ1) is 15.0. The molecular formula is C24H29N5O2. The monoisotopic (exact) mass is 419 g/mol. The van der Waals surface area contributed by atoms with Crippen molar-refractivity contribution in [3.8, 4) is 0 Å². The Labute approximate surface area is 182 Å². The molecule has 2 fully saturated rings. The number of rotatable bonds is 5. The second-order valence-electron chi connectivity index (χ2n) is 9.02. The Hall–Kier alpha value is -2.93. The second-order valence-corrected chi connectivity index (χ2v) is 9.02. The van der Waals surface area contributed by atoms with Crippen molar-refractivity contribution in [3.05, 3.63) is 70.6 Å². The molecule has 5 rings (SSSR count). The number of nitrogens with zero attached hydrogens (tertiary/aromatic N) is 4. The Bertz CT molecular complexity index is 1050. The maximum Gasteiger partial charge on any atom is 0.227 e. The molecule has 3 atom stereocenters.